The van der Waals surface area contributed by atoms with Crippen LogP contribution in [0.2, 0.25) is 5.02 Å². The lowest BCUT2D eigenvalue weighted by molar-refractivity contribution is -0.130. The molecule has 1 aliphatic rings. The van der Waals surface area contributed by atoms with Crippen molar-refractivity contribution in [2.75, 3.05) is 5.32 Å². The van der Waals surface area contributed by atoms with Crippen molar-refractivity contribution in [2.24, 2.45) is 0 Å². The van der Waals surface area contributed by atoms with E-state index in [1.807, 2.05) is 36.4 Å². The molecule has 0 atom stereocenters. The molecule has 1 heterocycles. The summed E-state index contributed by atoms with van der Waals surface area (Å²) >= 11 is 6.13. The van der Waals surface area contributed by atoms with Gasteiger partial charge in [-0.1, -0.05) is 42.3 Å². The topological polar surface area (TPSA) is 71.3 Å². The Balaban J connectivity index is 1.37. The number of hydrogen-bond donors (Lipinski definition) is 2. The summed E-state index contributed by atoms with van der Waals surface area (Å²) in [6, 6.07) is 18.2. The van der Waals surface area contributed by atoms with E-state index in [1.165, 1.54) is 6.26 Å². The minimum atomic E-state index is -0.484. The third kappa shape index (κ3) is 4.05. The first-order chi connectivity index (χ1) is 14.1. The highest BCUT2D eigenvalue weighted by atomic mass is 35.5. The van der Waals surface area contributed by atoms with Crippen molar-refractivity contribution in [1.82, 2.24) is 5.32 Å². The number of anilines is 1. The minimum absolute atomic E-state index is 0.0289. The Morgan fingerprint density at radius 1 is 1.03 bits per heavy atom. The molecule has 1 aromatic heterocycles. The molecule has 1 saturated carbocycles. The molecular weight excluding hydrogens is 388 g/mol. The lowest BCUT2D eigenvalue weighted by Gasteiger charge is -2.40. The predicted octanol–water partition coefficient (Wildman–Crippen LogP) is 4.92. The number of hydrogen-bond acceptors (Lipinski definition) is 3. The van der Waals surface area contributed by atoms with E-state index >= 15 is 0 Å². The van der Waals surface area contributed by atoms with E-state index in [0.29, 0.717) is 17.3 Å². The van der Waals surface area contributed by atoms with Crippen molar-refractivity contribution < 1.29 is 14.0 Å². The Morgan fingerprint density at radius 3 is 2.45 bits per heavy atom. The molecule has 6 heteroatoms. The van der Waals surface area contributed by atoms with Crippen LogP contribution < -0.4 is 10.6 Å². The van der Waals surface area contributed by atoms with E-state index in [9.17, 15) is 9.59 Å². The first-order valence-corrected chi connectivity index (χ1v) is 9.93. The maximum atomic E-state index is 13.0. The molecule has 5 nitrogen and oxygen atoms in total. The van der Waals surface area contributed by atoms with Crippen LogP contribution in [0.4, 0.5) is 5.69 Å². The summed E-state index contributed by atoms with van der Waals surface area (Å²) in [5.41, 5.74) is 2.11. The van der Waals surface area contributed by atoms with Crippen LogP contribution in [-0.2, 0) is 16.8 Å². The number of rotatable bonds is 6. The lowest BCUT2D eigenvalue weighted by Crippen LogP contribution is -2.49. The molecule has 2 amide bonds. The number of halogens is 1. The van der Waals surface area contributed by atoms with Gasteiger partial charge in [0.05, 0.1) is 11.7 Å². The van der Waals surface area contributed by atoms with Gasteiger partial charge in [-0.15, -0.1) is 0 Å². The second-order valence-electron chi connectivity index (χ2n) is 7.26. The zero-order valence-electron chi connectivity index (χ0n) is 15.8. The van der Waals surface area contributed by atoms with E-state index in [2.05, 4.69) is 10.6 Å². The van der Waals surface area contributed by atoms with Gasteiger partial charge in [0.1, 0.15) is 0 Å². The fraction of sp³-hybridized carbons (Fsp3) is 0.217. The molecule has 148 valence electrons. The summed E-state index contributed by atoms with van der Waals surface area (Å²) < 4.78 is 5.08. The zero-order chi connectivity index (χ0) is 20.3. The van der Waals surface area contributed by atoms with Gasteiger partial charge in [0.2, 0.25) is 5.91 Å². The Kier molecular flexibility index (Phi) is 5.41. The highest BCUT2D eigenvalue weighted by Crippen LogP contribution is 2.44. The summed E-state index contributed by atoms with van der Waals surface area (Å²) in [5, 5.41) is 6.48. The van der Waals surface area contributed by atoms with E-state index in [0.717, 1.165) is 30.4 Å². The van der Waals surface area contributed by atoms with Crippen molar-refractivity contribution in [3.63, 3.8) is 0 Å². The maximum Gasteiger partial charge on any atom is 0.291 e. The van der Waals surface area contributed by atoms with E-state index in [-0.39, 0.29) is 17.6 Å². The van der Waals surface area contributed by atoms with Crippen molar-refractivity contribution >= 4 is 29.1 Å². The van der Waals surface area contributed by atoms with Gasteiger partial charge in [-0.05, 0) is 60.4 Å². The SMILES string of the molecule is O=C(Nc1ccc(CNC(=O)C2(c3cccc(Cl)c3)CCC2)cc1)c1ccco1. The second kappa shape index (κ2) is 8.13. The van der Waals surface area contributed by atoms with Crippen molar-refractivity contribution in [2.45, 2.75) is 31.2 Å². The number of nitrogens with one attached hydrogen (secondary N) is 2. The molecule has 0 radical (unpaired) electrons. The summed E-state index contributed by atoms with van der Waals surface area (Å²) in [6.07, 6.45) is 4.15. The summed E-state index contributed by atoms with van der Waals surface area (Å²) in [5.74, 6) is -0.0149. The molecule has 0 aliphatic heterocycles. The Labute approximate surface area is 174 Å². The molecular formula is C23H21ClN2O3. The minimum Gasteiger partial charge on any atom is -0.459 e. The van der Waals surface area contributed by atoms with Crippen LogP contribution in [0, 0.1) is 0 Å². The number of furan rings is 1. The molecule has 0 saturated heterocycles. The highest BCUT2D eigenvalue weighted by molar-refractivity contribution is 6.30. The van der Waals surface area contributed by atoms with Crippen LogP contribution in [-0.4, -0.2) is 11.8 Å². The number of benzene rings is 2. The van der Waals surface area contributed by atoms with E-state index in [1.54, 1.807) is 24.3 Å². The van der Waals surface area contributed by atoms with Gasteiger partial charge in [0.25, 0.3) is 5.91 Å². The Morgan fingerprint density at radius 2 is 1.83 bits per heavy atom. The third-order valence-electron chi connectivity index (χ3n) is 5.43. The average molecular weight is 409 g/mol. The van der Waals surface area contributed by atoms with E-state index in [4.69, 9.17) is 16.0 Å². The van der Waals surface area contributed by atoms with Gasteiger partial charge < -0.3 is 15.1 Å². The Bertz CT molecular complexity index is 1010. The monoisotopic (exact) mass is 408 g/mol. The maximum absolute atomic E-state index is 13.0. The van der Waals surface area contributed by atoms with Crippen molar-refractivity contribution in [3.8, 4) is 0 Å². The molecule has 3 aromatic rings. The average Bonchev–Trinajstić information content (AvgIpc) is 3.22. The fourth-order valence-electron chi connectivity index (χ4n) is 3.62. The van der Waals surface area contributed by atoms with Gasteiger partial charge in [-0.2, -0.15) is 0 Å². The Hall–Kier alpha value is -3.05. The predicted molar refractivity (Wildman–Crippen MR) is 112 cm³/mol. The normalized spacial score (nSPS) is 14.7. The summed E-state index contributed by atoms with van der Waals surface area (Å²) in [6.45, 7) is 0.424. The first-order valence-electron chi connectivity index (χ1n) is 9.55. The van der Waals surface area contributed by atoms with Crippen LogP contribution >= 0.6 is 11.6 Å². The summed E-state index contributed by atoms with van der Waals surface area (Å²) in [7, 11) is 0. The van der Waals surface area contributed by atoms with Crippen molar-refractivity contribution in [3.05, 3.63) is 88.8 Å². The lowest BCUT2D eigenvalue weighted by atomic mass is 9.64. The van der Waals surface area contributed by atoms with Crippen molar-refractivity contribution in [1.29, 1.82) is 0 Å². The molecule has 1 aliphatic carbocycles. The zero-order valence-corrected chi connectivity index (χ0v) is 16.5. The molecule has 2 aromatic carbocycles. The third-order valence-corrected chi connectivity index (χ3v) is 5.66. The van der Waals surface area contributed by atoms with Gasteiger partial charge in [0.15, 0.2) is 5.76 Å². The van der Waals surface area contributed by atoms with Gasteiger partial charge in [-0.3, -0.25) is 9.59 Å². The van der Waals surface area contributed by atoms with Gasteiger partial charge in [0, 0.05) is 17.3 Å². The van der Waals surface area contributed by atoms with Crippen LogP contribution in [0.1, 0.15) is 40.9 Å². The van der Waals surface area contributed by atoms with Crippen LogP contribution in [0.5, 0.6) is 0 Å². The van der Waals surface area contributed by atoms with E-state index < -0.39 is 5.41 Å². The summed E-state index contributed by atoms with van der Waals surface area (Å²) in [4.78, 5) is 25.0. The van der Waals surface area contributed by atoms with Crippen LogP contribution in [0.25, 0.3) is 0 Å². The second-order valence-corrected chi connectivity index (χ2v) is 7.69. The molecule has 2 N–H and O–H groups in total. The molecule has 1 fully saturated rings. The number of carbonyl (C=O) groups is 2. The smallest absolute Gasteiger partial charge is 0.291 e. The highest BCUT2D eigenvalue weighted by Gasteiger charge is 2.45. The van der Waals surface area contributed by atoms with Gasteiger partial charge in [-0.25, -0.2) is 0 Å². The number of carbonyl (C=O) groups excluding carboxylic acids is 2. The molecule has 0 unspecified atom stereocenters. The fourth-order valence-corrected chi connectivity index (χ4v) is 3.81. The first kappa shape index (κ1) is 19.3. The van der Waals surface area contributed by atoms with Crippen LogP contribution in [0.3, 0.4) is 0 Å². The quantitative estimate of drug-likeness (QED) is 0.607. The molecule has 0 bridgehead atoms. The van der Waals surface area contributed by atoms with Gasteiger partial charge >= 0.3 is 0 Å². The molecule has 4 rings (SSSR count). The largest absolute Gasteiger partial charge is 0.459 e. The molecule has 0 spiro atoms. The number of amides is 2. The molecule has 29 heavy (non-hydrogen) atoms. The standard InChI is InChI=1S/C23H21ClN2O3/c24-18-5-1-4-17(14-18)23(11-3-12-23)22(28)25-15-16-7-9-19(10-8-16)26-21(27)20-6-2-13-29-20/h1-2,4-10,13-14H,3,11-12,15H2,(H,25,28)(H,26,27). The van der Waals surface area contributed by atoms with Crippen LogP contribution in [0.15, 0.2) is 71.3 Å².